The van der Waals surface area contributed by atoms with E-state index in [1.807, 2.05) is 6.92 Å². The number of carbonyl (C=O) groups excluding carboxylic acids is 1. The Bertz CT molecular complexity index is 1090. The summed E-state index contributed by atoms with van der Waals surface area (Å²) in [5.41, 5.74) is 0.188. The van der Waals surface area contributed by atoms with Crippen LogP contribution in [0, 0.1) is 5.82 Å². The molecule has 1 aliphatic heterocycles. The van der Waals surface area contributed by atoms with E-state index in [0.29, 0.717) is 19.7 Å². The van der Waals surface area contributed by atoms with Gasteiger partial charge in [0.25, 0.3) is 5.91 Å². The Kier molecular flexibility index (Phi) is 7.91. The molecular weight excluding hydrogens is 469 g/mol. The molecule has 1 fully saturated rings. The molecule has 9 heteroatoms. The monoisotopic (exact) mass is 503 g/mol. The second-order valence-corrected chi connectivity index (χ2v) is 15.2. The molecular formula is C26H34FNO6Si. The summed E-state index contributed by atoms with van der Waals surface area (Å²) in [6.45, 7) is 14.3. The number of carbonyl (C=O) groups is 2. The molecule has 0 bridgehead atoms. The summed E-state index contributed by atoms with van der Waals surface area (Å²) in [6, 6.07) is 8.19. The predicted molar refractivity (Wildman–Crippen MR) is 134 cm³/mol. The maximum Gasteiger partial charge on any atom is 0.335 e. The van der Waals surface area contributed by atoms with Gasteiger partial charge >= 0.3 is 5.97 Å². The molecule has 0 saturated carbocycles. The number of ether oxygens (including phenoxy) is 2. The molecule has 1 N–H and O–H groups in total. The van der Waals surface area contributed by atoms with Gasteiger partial charge in [0.1, 0.15) is 17.6 Å². The summed E-state index contributed by atoms with van der Waals surface area (Å²) in [5, 5.41) is 9.57. The molecule has 0 aromatic heterocycles. The molecule has 1 atom stereocenters. The molecule has 1 aliphatic rings. The number of halogens is 1. The summed E-state index contributed by atoms with van der Waals surface area (Å²) < 4.78 is 32.5. The molecule has 1 saturated heterocycles. The van der Waals surface area contributed by atoms with Gasteiger partial charge in [-0.3, -0.25) is 4.79 Å². The largest absolute Gasteiger partial charge is 0.488 e. The maximum atomic E-state index is 14.7. The highest BCUT2D eigenvalue weighted by Crippen LogP contribution is 2.37. The molecule has 0 unspecified atom stereocenters. The molecule has 7 nitrogen and oxygen atoms in total. The lowest BCUT2D eigenvalue weighted by Crippen LogP contribution is -2.43. The number of carboxylic acid groups (broad SMARTS) is 1. The van der Waals surface area contributed by atoms with E-state index in [4.69, 9.17) is 13.9 Å². The van der Waals surface area contributed by atoms with Gasteiger partial charge in [-0.1, -0.05) is 20.8 Å². The average Bonchev–Trinajstić information content (AvgIpc) is 2.71. The number of hydrogen-bond acceptors (Lipinski definition) is 5. The predicted octanol–water partition coefficient (Wildman–Crippen LogP) is 5.95. The molecule has 35 heavy (non-hydrogen) atoms. The third kappa shape index (κ3) is 6.61. The zero-order valence-corrected chi connectivity index (χ0v) is 22.2. The van der Waals surface area contributed by atoms with Gasteiger partial charge in [0, 0.05) is 24.7 Å². The van der Waals surface area contributed by atoms with Crippen molar-refractivity contribution in [3.05, 3.63) is 53.3 Å². The van der Waals surface area contributed by atoms with Crippen LogP contribution in [-0.4, -0.2) is 56.0 Å². The van der Waals surface area contributed by atoms with Crippen LogP contribution >= 0.6 is 0 Å². The fourth-order valence-electron chi connectivity index (χ4n) is 3.18. The van der Waals surface area contributed by atoms with Crippen molar-refractivity contribution in [3.63, 3.8) is 0 Å². The average molecular weight is 504 g/mol. The van der Waals surface area contributed by atoms with Gasteiger partial charge in [0.15, 0.2) is 19.9 Å². The van der Waals surface area contributed by atoms with E-state index in [1.54, 1.807) is 4.90 Å². The Labute approximate surface area is 206 Å². The molecule has 2 aromatic rings. The van der Waals surface area contributed by atoms with E-state index in [0.717, 1.165) is 12.5 Å². The van der Waals surface area contributed by atoms with Crippen LogP contribution in [0.3, 0.4) is 0 Å². The molecule has 2 aromatic carbocycles. The lowest BCUT2D eigenvalue weighted by atomic mass is 10.1. The van der Waals surface area contributed by atoms with E-state index in [-0.39, 0.29) is 45.4 Å². The fourth-order valence-corrected chi connectivity index (χ4v) is 4.26. The van der Waals surface area contributed by atoms with Gasteiger partial charge in [-0.2, -0.15) is 0 Å². The number of carboxylic acids is 1. The lowest BCUT2D eigenvalue weighted by molar-refractivity contribution is 0.0649. The van der Waals surface area contributed by atoms with Gasteiger partial charge < -0.3 is 23.9 Å². The fraction of sp³-hybridized carbons (Fsp3) is 0.462. The SMILES string of the molecule is C[C@@H](CO[Si](C)(C)C(C)(C)C)Oc1cc(Oc2ccc(C(=O)N3CCC3)cc2F)cc(C(=O)O)c1. The van der Waals surface area contributed by atoms with Gasteiger partial charge in [0.2, 0.25) is 0 Å². The second kappa shape index (κ2) is 10.4. The number of aromatic carboxylic acids is 1. The number of likely N-dealkylation sites (tertiary alicyclic amines) is 1. The van der Waals surface area contributed by atoms with Crippen LogP contribution < -0.4 is 9.47 Å². The van der Waals surface area contributed by atoms with Crippen LogP contribution in [0.1, 0.15) is 54.8 Å². The first kappa shape index (κ1) is 26.7. The van der Waals surface area contributed by atoms with Crippen LogP contribution in [0.4, 0.5) is 4.39 Å². The molecule has 1 amide bonds. The Hall–Kier alpha value is -2.91. The molecule has 190 valence electrons. The van der Waals surface area contributed by atoms with Crippen molar-refractivity contribution in [2.75, 3.05) is 19.7 Å². The summed E-state index contributed by atoms with van der Waals surface area (Å²) in [7, 11) is -1.97. The minimum absolute atomic E-state index is 0.0520. The Morgan fingerprint density at radius 1 is 1.09 bits per heavy atom. The maximum absolute atomic E-state index is 14.7. The van der Waals surface area contributed by atoms with E-state index in [9.17, 15) is 19.1 Å². The van der Waals surface area contributed by atoms with E-state index in [1.165, 1.54) is 30.3 Å². The Morgan fingerprint density at radius 3 is 2.29 bits per heavy atom. The third-order valence-electron chi connectivity index (χ3n) is 6.50. The zero-order chi connectivity index (χ0) is 26.0. The topological polar surface area (TPSA) is 85.3 Å². The minimum Gasteiger partial charge on any atom is -0.488 e. The molecule has 1 heterocycles. The van der Waals surface area contributed by atoms with Gasteiger partial charge in [0.05, 0.1) is 12.2 Å². The normalized spacial score (nSPS) is 14.8. The van der Waals surface area contributed by atoms with Crippen molar-refractivity contribution in [2.45, 2.75) is 58.4 Å². The second-order valence-electron chi connectivity index (χ2n) is 10.4. The summed E-state index contributed by atoms with van der Waals surface area (Å²) in [6.07, 6.45) is 0.602. The van der Waals surface area contributed by atoms with Crippen LogP contribution in [0.2, 0.25) is 18.1 Å². The highest BCUT2D eigenvalue weighted by atomic mass is 28.4. The van der Waals surface area contributed by atoms with Crippen LogP contribution in [0.5, 0.6) is 17.2 Å². The first-order chi connectivity index (χ1) is 16.3. The molecule has 3 rings (SSSR count). The third-order valence-corrected chi connectivity index (χ3v) is 11.0. The molecule has 0 aliphatic carbocycles. The molecule has 0 spiro atoms. The van der Waals surface area contributed by atoms with Crippen molar-refractivity contribution in [2.24, 2.45) is 0 Å². The lowest BCUT2D eigenvalue weighted by Gasteiger charge is -2.36. The quantitative estimate of drug-likeness (QED) is 0.426. The number of rotatable bonds is 9. The first-order valence-corrected chi connectivity index (χ1v) is 14.6. The van der Waals surface area contributed by atoms with E-state index >= 15 is 0 Å². The van der Waals surface area contributed by atoms with Gasteiger partial charge in [-0.15, -0.1) is 0 Å². The number of benzene rings is 2. The van der Waals surface area contributed by atoms with E-state index < -0.39 is 20.1 Å². The Balaban J connectivity index is 1.74. The van der Waals surface area contributed by atoms with Gasteiger partial charge in [-0.05, 0) is 61.8 Å². The summed E-state index contributed by atoms with van der Waals surface area (Å²) in [5.74, 6) is -1.83. The first-order valence-electron chi connectivity index (χ1n) is 11.7. The smallest absolute Gasteiger partial charge is 0.335 e. The van der Waals surface area contributed by atoms with Crippen LogP contribution in [0.15, 0.2) is 36.4 Å². The van der Waals surface area contributed by atoms with E-state index in [2.05, 4.69) is 33.9 Å². The van der Waals surface area contributed by atoms with Crippen LogP contribution in [-0.2, 0) is 4.43 Å². The molecule has 0 radical (unpaired) electrons. The summed E-state index contributed by atoms with van der Waals surface area (Å²) in [4.78, 5) is 25.6. The van der Waals surface area contributed by atoms with Crippen LogP contribution in [0.25, 0.3) is 0 Å². The van der Waals surface area contributed by atoms with Crippen molar-refractivity contribution in [3.8, 4) is 17.2 Å². The number of hydrogen-bond donors (Lipinski definition) is 1. The number of nitrogens with zero attached hydrogens (tertiary/aromatic N) is 1. The Morgan fingerprint density at radius 2 is 1.74 bits per heavy atom. The summed E-state index contributed by atoms with van der Waals surface area (Å²) >= 11 is 0. The number of amides is 1. The minimum atomic E-state index is -1.97. The van der Waals surface area contributed by atoms with Crippen molar-refractivity contribution in [1.82, 2.24) is 4.90 Å². The highest BCUT2D eigenvalue weighted by molar-refractivity contribution is 6.74. The van der Waals surface area contributed by atoms with Crippen molar-refractivity contribution >= 4 is 20.2 Å². The standard InChI is InChI=1S/C26H34FNO6Si/c1-17(16-32-35(5,6)26(2,3)4)33-20-12-19(25(30)31)13-21(15-20)34-23-9-8-18(14-22(23)27)24(29)28-10-7-11-28/h8-9,12-15,17H,7,10-11,16H2,1-6H3,(H,30,31)/t17-/m0/s1. The highest BCUT2D eigenvalue weighted by Gasteiger charge is 2.37. The zero-order valence-electron chi connectivity index (χ0n) is 21.2. The van der Waals surface area contributed by atoms with Gasteiger partial charge in [-0.25, -0.2) is 9.18 Å². The van der Waals surface area contributed by atoms with Crippen molar-refractivity contribution < 1.29 is 33.0 Å². The van der Waals surface area contributed by atoms with Crippen molar-refractivity contribution in [1.29, 1.82) is 0 Å².